The van der Waals surface area contributed by atoms with Crippen LogP contribution in [0.4, 0.5) is 5.69 Å². The molecule has 70 valence electrons. The van der Waals surface area contributed by atoms with E-state index in [1.165, 1.54) is 12.1 Å². The summed E-state index contributed by atoms with van der Waals surface area (Å²) < 4.78 is 14.6. The van der Waals surface area contributed by atoms with Crippen LogP contribution in [0.5, 0.6) is 0 Å². The highest BCUT2D eigenvalue weighted by atomic mass is 79.9. The molecule has 0 spiro atoms. The Bertz CT molecular complexity index is 287. The molecule has 0 heterocycles. The highest BCUT2D eigenvalue weighted by Crippen LogP contribution is 2.12. The lowest BCUT2D eigenvalue weighted by molar-refractivity contribution is -1.27. The fraction of sp³-hybridized carbons (Fsp3) is 0.143. The Morgan fingerprint density at radius 2 is 2.00 bits per heavy atom. The largest absolute Gasteiger partial charge is 0.550 e. The van der Waals surface area contributed by atoms with Gasteiger partial charge in [-0.05, 0) is 17.7 Å². The second-order valence-corrected chi connectivity index (χ2v) is 2.96. The lowest BCUT2D eigenvalue weighted by Gasteiger charge is -1.94. The van der Waals surface area contributed by atoms with Gasteiger partial charge in [0.2, 0.25) is 0 Å². The van der Waals surface area contributed by atoms with Gasteiger partial charge in [0.15, 0.2) is 0 Å². The van der Waals surface area contributed by atoms with Gasteiger partial charge >= 0.3 is 15.5 Å². The van der Waals surface area contributed by atoms with Crippen LogP contribution in [0.15, 0.2) is 24.3 Å². The monoisotopic (exact) mass is 247 g/mol. The molecule has 0 saturated heterocycles. The van der Waals surface area contributed by atoms with E-state index in [-0.39, 0.29) is 12.3 Å². The third-order valence-electron chi connectivity index (χ3n) is 1.41. The third-order valence-corrected chi connectivity index (χ3v) is 1.83. The quantitative estimate of drug-likeness (QED) is 0.570. The first-order valence-corrected chi connectivity index (χ1v) is 4.66. The van der Waals surface area contributed by atoms with E-state index in [1.54, 1.807) is 12.1 Å². The minimum absolute atomic E-state index is 0.0358. The normalized spacial score (nSPS) is 9.92. The van der Waals surface area contributed by atoms with Gasteiger partial charge in [0.05, 0.1) is 4.92 Å². The summed E-state index contributed by atoms with van der Waals surface area (Å²) in [6.07, 6.45) is 0. The van der Waals surface area contributed by atoms with Gasteiger partial charge in [-0.2, -0.15) is 0 Å². The van der Waals surface area contributed by atoms with Gasteiger partial charge in [0, 0.05) is 12.1 Å². The van der Waals surface area contributed by atoms with Gasteiger partial charge in [0.25, 0.3) is 5.69 Å². The van der Waals surface area contributed by atoms with Gasteiger partial charge in [0.1, 0.15) is 6.61 Å². The summed E-state index contributed by atoms with van der Waals surface area (Å²) in [5, 5.41) is 10.3. The number of benzene rings is 1. The van der Waals surface area contributed by atoms with Crippen LogP contribution in [-0.4, -0.2) is 4.92 Å². The first-order chi connectivity index (χ1) is 6.24. The van der Waals surface area contributed by atoms with Gasteiger partial charge in [-0.3, -0.25) is 10.1 Å². The minimum atomic E-state index is -0.834. The van der Waals surface area contributed by atoms with Gasteiger partial charge < -0.3 is 4.20 Å². The molecule has 6 heteroatoms. The molecule has 1 rings (SSSR count). The Kier molecular flexibility index (Phi) is 3.81. The highest BCUT2D eigenvalue weighted by Gasteiger charge is 2.04. The van der Waals surface area contributed by atoms with Crippen molar-refractivity contribution in [2.45, 2.75) is 6.61 Å². The van der Waals surface area contributed by atoms with Crippen molar-refractivity contribution >= 4 is 5.69 Å². The number of nitro groups is 1. The predicted octanol–water partition coefficient (Wildman–Crippen LogP) is 0.387. The average molecular weight is 248 g/mol. The van der Waals surface area contributed by atoms with Crippen molar-refractivity contribution in [3.8, 4) is 0 Å². The number of hydrogen-bond donors (Lipinski definition) is 0. The molecule has 0 aliphatic heterocycles. The summed E-state index contributed by atoms with van der Waals surface area (Å²) in [6, 6.07) is 5.90. The van der Waals surface area contributed by atoms with Crippen molar-refractivity contribution in [1.82, 2.24) is 0 Å². The van der Waals surface area contributed by atoms with Crippen LogP contribution in [0, 0.1) is 25.6 Å². The van der Waals surface area contributed by atoms with E-state index in [4.69, 9.17) is 0 Å². The molecule has 0 amide bonds. The van der Waals surface area contributed by atoms with Crippen molar-refractivity contribution in [3.05, 3.63) is 39.9 Å². The van der Waals surface area contributed by atoms with E-state index < -0.39 is 20.5 Å². The molecule has 1 aromatic rings. The molecule has 0 bridgehead atoms. The Labute approximate surface area is 81.2 Å². The molecular weight excluding hydrogens is 242 g/mol. The standard InChI is InChI=1S/C7H6BrNO4/c10-8-13-5-6-1-3-7(4-2-6)9(11)12/h1-4H,5H2. The summed E-state index contributed by atoms with van der Waals surface area (Å²) in [5.41, 5.74) is 0.795. The molecule has 0 aromatic heterocycles. The van der Waals surface area contributed by atoms with E-state index in [0.717, 1.165) is 5.56 Å². The van der Waals surface area contributed by atoms with Crippen LogP contribution in [-0.2, 0) is 10.4 Å². The average Bonchev–Trinajstić information content (AvgIpc) is 2.15. The van der Waals surface area contributed by atoms with Crippen LogP contribution in [0.25, 0.3) is 0 Å². The SMILES string of the molecule is O=[N+]([O-])c1ccc(CO[Br+][O-])cc1. The van der Waals surface area contributed by atoms with Crippen molar-refractivity contribution in [1.29, 1.82) is 0 Å². The smallest absolute Gasteiger partial charge is 0.420 e. The maximum Gasteiger partial charge on any atom is 0.420 e. The summed E-state index contributed by atoms with van der Waals surface area (Å²) in [4.78, 5) is 9.78. The molecule has 1 aromatic carbocycles. The molecule has 0 saturated carbocycles. The van der Waals surface area contributed by atoms with E-state index in [2.05, 4.69) is 3.83 Å². The topological polar surface area (TPSA) is 75.4 Å². The zero-order valence-electron chi connectivity index (χ0n) is 6.47. The minimum Gasteiger partial charge on any atom is -0.550 e. The fourth-order valence-electron chi connectivity index (χ4n) is 0.799. The molecule has 0 radical (unpaired) electrons. The number of hydrogen-bond acceptors (Lipinski definition) is 4. The van der Waals surface area contributed by atoms with Gasteiger partial charge in [-0.25, -0.2) is 0 Å². The van der Waals surface area contributed by atoms with Crippen molar-refractivity contribution < 1.29 is 28.5 Å². The zero-order chi connectivity index (χ0) is 9.68. The highest BCUT2D eigenvalue weighted by molar-refractivity contribution is 5.32. The third kappa shape index (κ3) is 3.10. The first-order valence-electron chi connectivity index (χ1n) is 3.36. The maximum atomic E-state index is 10.3. The lowest BCUT2D eigenvalue weighted by atomic mass is 10.2. The van der Waals surface area contributed by atoms with Gasteiger partial charge in [-0.1, -0.05) is 0 Å². The van der Waals surface area contributed by atoms with E-state index in [1.807, 2.05) is 0 Å². The number of nitrogens with zero attached hydrogens (tertiary/aromatic N) is 1. The molecule has 0 aliphatic rings. The van der Waals surface area contributed by atoms with Crippen LogP contribution < -0.4 is 4.20 Å². The second kappa shape index (κ2) is 4.90. The molecule has 0 aliphatic carbocycles. The Morgan fingerprint density at radius 1 is 1.38 bits per heavy atom. The van der Waals surface area contributed by atoms with Crippen LogP contribution in [0.2, 0.25) is 0 Å². The molecule has 0 atom stereocenters. The Balaban J connectivity index is 2.64. The number of non-ortho nitro benzene ring substituents is 1. The summed E-state index contributed by atoms with van der Waals surface area (Å²) in [5.74, 6) is 0. The van der Waals surface area contributed by atoms with E-state index >= 15 is 0 Å². The predicted molar refractivity (Wildman–Crippen MR) is 37.9 cm³/mol. The molecule has 0 fully saturated rings. The molecule has 5 nitrogen and oxygen atoms in total. The lowest BCUT2D eigenvalue weighted by Crippen LogP contribution is -2.03. The number of rotatable bonds is 4. The number of halogens is 1. The Hall–Kier alpha value is -0.980. The summed E-state index contributed by atoms with van der Waals surface area (Å²) in [6.45, 7) is 0.210. The van der Waals surface area contributed by atoms with Gasteiger partial charge in [-0.15, -0.1) is 3.83 Å². The van der Waals surface area contributed by atoms with Crippen molar-refractivity contribution in [3.63, 3.8) is 0 Å². The summed E-state index contributed by atoms with van der Waals surface area (Å²) in [7, 11) is 0. The first kappa shape index (κ1) is 10.1. The second-order valence-electron chi connectivity index (χ2n) is 2.24. The van der Waals surface area contributed by atoms with E-state index in [0.29, 0.717) is 0 Å². The zero-order valence-corrected chi connectivity index (χ0v) is 8.06. The molecule has 13 heavy (non-hydrogen) atoms. The summed E-state index contributed by atoms with van der Waals surface area (Å²) >= 11 is -0.834. The van der Waals surface area contributed by atoms with Crippen molar-refractivity contribution in [2.24, 2.45) is 0 Å². The molecule has 0 unspecified atom stereocenters. The van der Waals surface area contributed by atoms with Crippen LogP contribution >= 0.6 is 0 Å². The number of nitro benzene ring substituents is 1. The molecule has 0 N–H and O–H groups in total. The molecular formula is C7H6BrNO4. The van der Waals surface area contributed by atoms with Crippen LogP contribution in [0.1, 0.15) is 5.56 Å². The maximum absolute atomic E-state index is 10.3. The fourth-order valence-corrected chi connectivity index (χ4v) is 1.16. The van der Waals surface area contributed by atoms with Crippen LogP contribution in [0.3, 0.4) is 0 Å². The Morgan fingerprint density at radius 3 is 2.46 bits per heavy atom. The van der Waals surface area contributed by atoms with E-state index in [9.17, 15) is 14.3 Å². The van der Waals surface area contributed by atoms with Crippen molar-refractivity contribution in [2.75, 3.05) is 0 Å².